The van der Waals surface area contributed by atoms with E-state index >= 15 is 0 Å². The van der Waals surface area contributed by atoms with E-state index in [1.165, 1.54) is 0 Å². The Bertz CT molecular complexity index is 698. The SMILES string of the molecule is CN(C)CCCCNS(=O)(=O)c1ccc(-c2cccnc2)cc1. The van der Waals surface area contributed by atoms with Crippen molar-refractivity contribution >= 4 is 10.0 Å². The van der Waals surface area contributed by atoms with Gasteiger partial charge in [0.25, 0.3) is 0 Å². The van der Waals surface area contributed by atoms with Crippen molar-refractivity contribution < 1.29 is 8.42 Å². The van der Waals surface area contributed by atoms with Gasteiger partial charge in [0.05, 0.1) is 4.90 Å². The summed E-state index contributed by atoms with van der Waals surface area (Å²) in [7, 11) is 0.577. The predicted octanol–water partition coefficient (Wildman–Crippen LogP) is 2.37. The van der Waals surface area contributed by atoms with Gasteiger partial charge in [-0.05, 0) is 62.8 Å². The van der Waals surface area contributed by atoms with E-state index in [-0.39, 0.29) is 4.90 Å². The van der Waals surface area contributed by atoms with Crippen LogP contribution in [-0.4, -0.2) is 45.5 Å². The molecule has 0 aliphatic carbocycles. The fraction of sp³-hybridized carbons (Fsp3) is 0.353. The lowest BCUT2D eigenvalue weighted by atomic mass is 10.1. The summed E-state index contributed by atoms with van der Waals surface area (Å²) in [5.41, 5.74) is 1.91. The number of rotatable bonds is 8. The molecule has 0 saturated carbocycles. The standard InChI is InChI=1S/C17H23N3O2S/c1-20(2)13-4-3-12-19-23(21,22)17-9-7-15(8-10-17)16-6-5-11-18-14-16/h5-11,14,19H,3-4,12-13H2,1-2H3. The van der Waals surface area contributed by atoms with Crippen LogP contribution < -0.4 is 4.72 Å². The zero-order valence-corrected chi connectivity index (χ0v) is 14.4. The van der Waals surface area contributed by atoms with Gasteiger partial charge in [-0.3, -0.25) is 4.98 Å². The van der Waals surface area contributed by atoms with E-state index in [0.717, 1.165) is 30.5 Å². The number of hydrogen-bond donors (Lipinski definition) is 1. The summed E-state index contributed by atoms with van der Waals surface area (Å²) in [5, 5.41) is 0. The van der Waals surface area contributed by atoms with Crippen LogP contribution in [0.3, 0.4) is 0 Å². The summed E-state index contributed by atoms with van der Waals surface area (Å²) in [6.45, 7) is 1.42. The van der Waals surface area contributed by atoms with Gasteiger partial charge in [-0.25, -0.2) is 13.1 Å². The van der Waals surface area contributed by atoms with Gasteiger partial charge in [-0.15, -0.1) is 0 Å². The van der Waals surface area contributed by atoms with Crippen LogP contribution in [0.15, 0.2) is 53.7 Å². The lowest BCUT2D eigenvalue weighted by Gasteiger charge is -2.10. The van der Waals surface area contributed by atoms with Crippen LogP contribution in [-0.2, 0) is 10.0 Å². The first-order valence-corrected chi connectivity index (χ1v) is 9.12. The Kier molecular flexibility index (Phi) is 6.27. The summed E-state index contributed by atoms with van der Waals surface area (Å²) in [6.07, 6.45) is 5.26. The molecule has 0 atom stereocenters. The lowest BCUT2D eigenvalue weighted by Crippen LogP contribution is -2.25. The van der Waals surface area contributed by atoms with Crippen LogP contribution in [0.25, 0.3) is 11.1 Å². The van der Waals surface area contributed by atoms with E-state index in [1.54, 1.807) is 36.7 Å². The second-order valence-electron chi connectivity index (χ2n) is 5.67. The first kappa shape index (κ1) is 17.6. The van der Waals surface area contributed by atoms with Gasteiger partial charge < -0.3 is 4.90 Å². The molecular formula is C17H23N3O2S. The summed E-state index contributed by atoms with van der Waals surface area (Å²) in [4.78, 5) is 6.45. The minimum absolute atomic E-state index is 0.290. The number of pyridine rings is 1. The van der Waals surface area contributed by atoms with E-state index in [0.29, 0.717) is 6.54 Å². The molecule has 2 rings (SSSR count). The normalized spacial score (nSPS) is 11.8. The Balaban J connectivity index is 1.95. The molecular weight excluding hydrogens is 310 g/mol. The maximum absolute atomic E-state index is 12.2. The van der Waals surface area contributed by atoms with Gasteiger partial charge in [0.15, 0.2) is 0 Å². The number of aromatic nitrogens is 1. The highest BCUT2D eigenvalue weighted by Crippen LogP contribution is 2.20. The first-order valence-electron chi connectivity index (χ1n) is 7.64. The van der Waals surface area contributed by atoms with E-state index in [4.69, 9.17) is 0 Å². The number of unbranched alkanes of at least 4 members (excludes halogenated alkanes) is 1. The molecule has 0 saturated heterocycles. The Morgan fingerprint density at radius 1 is 1.04 bits per heavy atom. The van der Waals surface area contributed by atoms with Crippen molar-refractivity contribution in [3.8, 4) is 11.1 Å². The van der Waals surface area contributed by atoms with Crippen molar-refractivity contribution in [1.29, 1.82) is 0 Å². The van der Waals surface area contributed by atoms with Crippen molar-refractivity contribution in [1.82, 2.24) is 14.6 Å². The Morgan fingerprint density at radius 3 is 2.39 bits per heavy atom. The molecule has 1 N–H and O–H groups in total. The summed E-state index contributed by atoms with van der Waals surface area (Å²) < 4.78 is 27.1. The van der Waals surface area contributed by atoms with Crippen molar-refractivity contribution in [2.24, 2.45) is 0 Å². The second-order valence-corrected chi connectivity index (χ2v) is 7.44. The molecule has 0 fully saturated rings. The summed E-state index contributed by atoms with van der Waals surface area (Å²) >= 11 is 0. The maximum atomic E-state index is 12.2. The highest BCUT2D eigenvalue weighted by Gasteiger charge is 2.13. The minimum Gasteiger partial charge on any atom is -0.309 e. The molecule has 0 unspecified atom stereocenters. The van der Waals surface area contributed by atoms with Gasteiger partial charge in [-0.2, -0.15) is 0 Å². The Labute approximate surface area is 138 Å². The molecule has 0 aliphatic heterocycles. The van der Waals surface area contributed by atoms with E-state index < -0.39 is 10.0 Å². The maximum Gasteiger partial charge on any atom is 0.240 e. The van der Waals surface area contributed by atoms with Crippen molar-refractivity contribution in [3.05, 3.63) is 48.8 Å². The molecule has 0 aliphatic rings. The molecule has 1 heterocycles. The molecule has 0 spiro atoms. The minimum atomic E-state index is -3.44. The average molecular weight is 333 g/mol. The van der Waals surface area contributed by atoms with Gasteiger partial charge in [0.1, 0.15) is 0 Å². The fourth-order valence-electron chi connectivity index (χ4n) is 2.20. The number of sulfonamides is 1. The van der Waals surface area contributed by atoms with E-state index in [9.17, 15) is 8.42 Å². The van der Waals surface area contributed by atoms with Crippen LogP contribution in [0.5, 0.6) is 0 Å². The Morgan fingerprint density at radius 2 is 1.78 bits per heavy atom. The zero-order chi connectivity index (χ0) is 16.7. The van der Waals surface area contributed by atoms with Gasteiger partial charge in [0, 0.05) is 18.9 Å². The predicted molar refractivity (Wildman–Crippen MR) is 92.6 cm³/mol. The molecule has 0 bridgehead atoms. The van der Waals surface area contributed by atoms with E-state index in [2.05, 4.69) is 14.6 Å². The quantitative estimate of drug-likeness (QED) is 0.754. The van der Waals surface area contributed by atoms with Gasteiger partial charge in [0.2, 0.25) is 10.0 Å². The molecule has 6 heteroatoms. The lowest BCUT2D eigenvalue weighted by molar-refractivity contribution is 0.394. The molecule has 2 aromatic rings. The topological polar surface area (TPSA) is 62.3 Å². The van der Waals surface area contributed by atoms with Crippen LogP contribution >= 0.6 is 0 Å². The monoisotopic (exact) mass is 333 g/mol. The highest BCUT2D eigenvalue weighted by atomic mass is 32.2. The molecule has 0 amide bonds. The van der Waals surface area contributed by atoms with Gasteiger partial charge >= 0.3 is 0 Å². The highest BCUT2D eigenvalue weighted by molar-refractivity contribution is 7.89. The third-order valence-electron chi connectivity index (χ3n) is 3.48. The number of hydrogen-bond acceptors (Lipinski definition) is 4. The summed E-state index contributed by atoms with van der Waals surface area (Å²) in [6, 6.07) is 10.7. The van der Waals surface area contributed by atoms with Crippen molar-refractivity contribution in [2.75, 3.05) is 27.2 Å². The van der Waals surface area contributed by atoms with E-state index in [1.807, 2.05) is 26.2 Å². The molecule has 0 radical (unpaired) electrons. The third kappa shape index (κ3) is 5.42. The van der Waals surface area contributed by atoms with Crippen LogP contribution in [0.4, 0.5) is 0 Å². The number of nitrogens with zero attached hydrogens (tertiary/aromatic N) is 2. The van der Waals surface area contributed by atoms with Gasteiger partial charge in [-0.1, -0.05) is 18.2 Å². The second kappa shape index (κ2) is 8.19. The number of benzene rings is 1. The van der Waals surface area contributed by atoms with Crippen molar-refractivity contribution in [2.45, 2.75) is 17.7 Å². The molecule has 1 aromatic heterocycles. The third-order valence-corrected chi connectivity index (χ3v) is 4.96. The zero-order valence-electron chi connectivity index (χ0n) is 13.6. The molecule has 23 heavy (non-hydrogen) atoms. The number of nitrogens with one attached hydrogen (secondary N) is 1. The average Bonchev–Trinajstić information content (AvgIpc) is 2.55. The van der Waals surface area contributed by atoms with Crippen molar-refractivity contribution in [3.63, 3.8) is 0 Å². The molecule has 124 valence electrons. The fourth-order valence-corrected chi connectivity index (χ4v) is 3.28. The largest absolute Gasteiger partial charge is 0.309 e. The molecule has 5 nitrogen and oxygen atoms in total. The first-order chi connectivity index (χ1) is 11.0. The summed E-state index contributed by atoms with van der Waals surface area (Å²) in [5.74, 6) is 0. The van der Waals surface area contributed by atoms with Crippen LogP contribution in [0.1, 0.15) is 12.8 Å². The van der Waals surface area contributed by atoms with Crippen LogP contribution in [0.2, 0.25) is 0 Å². The molecule has 1 aromatic carbocycles. The smallest absolute Gasteiger partial charge is 0.240 e. The van der Waals surface area contributed by atoms with Crippen LogP contribution in [0, 0.1) is 0 Å². The Hall–Kier alpha value is -1.76.